The van der Waals surface area contributed by atoms with Crippen molar-refractivity contribution in [2.24, 2.45) is 0 Å². The first-order chi connectivity index (χ1) is 12.3. The molecule has 0 atom stereocenters. The van der Waals surface area contributed by atoms with Crippen molar-refractivity contribution in [3.05, 3.63) is 29.3 Å². The molecule has 0 aliphatic heterocycles. The maximum atomic E-state index is 12.3. The number of ether oxygens (including phenoxy) is 2. The van der Waals surface area contributed by atoms with Gasteiger partial charge >= 0.3 is 11.9 Å². The molecule has 1 rings (SSSR count). The van der Waals surface area contributed by atoms with Crippen LogP contribution in [0.2, 0.25) is 0 Å². The summed E-state index contributed by atoms with van der Waals surface area (Å²) >= 11 is 0. The maximum Gasteiger partial charge on any atom is 0.339 e. The van der Waals surface area contributed by atoms with Gasteiger partial charge in [-0.25, -0.2) is 9.59 Å². The van der Waals surface area contributed by atoms with E-state index in [1.54, 1.807) is 0 Å². The van der Waals surface area contributed by atoms with Crippen molar-refractivity contribution in [3.63, 3.8) is 0 Å². The van der Waals surface area contributed by atoms with Crippen molar-refractivity contribution in [1.82, 2.24) is 0 Å². The van der Waals surface area contributed by atoms with Crippen molar-refractivity contribution in [3.8, 4) is 0 Å². The van der Waals surface area contributed by atoms with Gasteiger partial charge in [0.2, 0.25) is 0 Å². The molecule has 146 valence electrons. The minimum atomic E-state index is -4.51. The predicted octanol–water partition coefficient (Wildman–Crippen LogP) is 3.63. The lowest BCUT2D eigenvalue weighted by atomic mass is 10.1. The van der Waals surface area contributed by atoms with Crippen LogP contribution in [-0.2, 0) is 19.6 Å². The molecule has 0 bridgehead atoms. The summed E-state index contributed by atoms with van der Waals surface area (Å²) in [7, 11) is -4.51. The Kier molecular flexibility index (Phi) is 9.29. The van der Waals surface area contributed by atoms with Gasteiger partial charge in [0.05, 0.1) is 29.2 Å². The lowest BCUT2D eigenvalue weighted by Crippen LogP contribution is -2.16. The normalized spacial score (nSPS) is 11.2. The fraction of sp³-hybridized carbons (Fsp3) is 0.556. The van der Waals surface area contributed by atoms with Crippen LogP contribution in [0.25, 0.3) is 0 Å². The molecule has 1 aromatic carbocycles. The van der Waals surface area contributed by atoms with Crippen LogP contribution in [0.3, 0.4) is 0 Å². The number of carbonyl (C=O) groups is 2. The molecule has 0 aromatic heterocycles. The molecule has 0 heterocycles. The largest absolute Gasteiger partial charge is 0.462 e. The van der Waals surface area contributed by atoms with Crippen LogP contribution in [0, 0.1) is 0 Å². The highest BCUT2D eigenvalue weighted by Crippen LogP contribution is 2.19. The van der Waals surface area contributed by atoms with Crippen LogP contribution in [0.4, 0.5) is 0 Å². The van der Waals surface area contributed by atoms with Crippen molar-refractivity contribution in [2.75, 3.05) is 13.2 Å². The molecule has 1 N–H and O–H groups in total. The SMILES string of the molecule is CCCCCOC(=O)c1ccc(S(=O)(=O)O)cc1C(=O)OCCCCC. The molecule has 8 heteroatoms. The lowest BCUT2D eigenvalue weighted by Gasteiger charge is -2.11. The van der Waals surface area contributed by atoms with Crippen LogP contribution in [-0.4, -0.2) is 38.1 Å². The van der Waals surface area contributed by atoms with Gasteiger partial charge < -0.3 is 9.47 Å². The summed E-state index contributed by atoms with van der Waals surface area (Å²) in [6.07, 6.45) is 5.06. The van der Waals surface area contributed by atoms with Gasteiger partial charge in [-0.05, 0) is 31.0 Å². The molecule has 0 amide bonds. The van der Waals surface area contributed by atoms with Gasteiger partial charge in [-0.15, -0.1) is 0 Å². The Labute approximate surface area is 154 Å². The Morgan fingerprint density at radius 2 is 1.38 bits per heavy atom. The second-order valence-electron chi connectivity index (χ2n) is 5.87. The zero-order valence-electron chi connectivity index (χ0n) is 15.2. The van der Waals surface area contributed by atoms with E-state index in [0.717, 1.165) is 43.9 Å². The van der Waals surface area contributed by atoms with Crippen LogP contribution < -0.4 is 0 Å². The lowest BCUT2D eigenvalue weighted by molar-refractivity contribution is 0.0450. The average molecular weight is 386 g/mol. The van der Waals surface area contributed by atoms with Gasteiger partial charge in [0.15, 0.2) is 0 Å². The highest BCUT2D eigenvalue weighted by molar-refractivity contribution is 7.85. The van der Waals surface area contributed by atoms with Crippen molar-refractivity contribution in [2.45, 2.75) is 57.3 Å². The molecule has 0 radical (unpaired) electrons. The zero-order valence-corrected chi connectivity index (χ0v) is 16.0. The number of rotatable bonds is 11. The third-order valence-corrected chi connectivity index (χ3v) is 4.54. The van der Waals surface area contributed by atoms with Gasteiger partial charge in [-0.2, -0.15) is 8.42 Å². The summed E-state index contributed by atoms with van der Waals surface area (Å²) in [5, 5.41) is 0. The van der Waals surface area contributed by atoms with E-state index >= 15 is 0 Å². The maximum absolute atomic E-state index is 12.3. The molecule has 0 unspecified atom stereocenters. The van der Waals surface area contributed by atoms with Crippen molar-refractivity contribution in [1.29, 1.82) is 0 Å². The molecule has 7 nitrogen and oxygen atoms in total. The predicted molar refractivity (Wildman–Crippen MR) is 95.9 cm³/mol. The minimum Gasteiger partial charge on any atom is -0.462 e. The van der Waals surface area contributed by atoms with E-state index < -0.39 is 27.0 Å². The van der Waals surface area contributed by atoms with E-state index in [0.29, 0.717) is 12.8 Å². The Bertz CT molecular complexity index is 710. The summed E-state index contributed by atoms with van der Waals surface area (Å²) in [6.45, 7) is 4.39. The molecule has 0 saturated carbocycles. The molecule has 1 aromatic rings. The fourth-order valence-electron chi connectivity index (χ4n) is 2.22. The van der Waals surface area contributed by atoms with Gasteiger partial charge in [0, 0.05) is 0 Å². The molecule has 0 spiro atoms. The smallest absolute Gasteiger partial charge is 0.339 e. The number of carbonyl (C=O) groups excluding carboxylic acids is 2. The average Bonchev–Trinajstić information content (AvgIpc) is 2.60. The summed E-state index contributed by atoms with van der Waals surface area (Å²) < 4.78 is 42.1. The monoisotopic (exact) mass is 386 g/mol. The summed E-state index contributed by atoms with van der Waals surface area (Å²) in [5.41, 5.74) is -0.327. The van der Waals surface area contributed by atoms with Crippen molar-refractivity contribution >= 4 is 22.1 Å². The van der Waals surface area contributed by atoms with Crippen LogP contribution in [0.5, 0.6) is 0 Å². The topological polar surface area (TPSA) is 107 Å². The molecule has 0 aliphatic carbocycles. The number of unbranched alkanes of at least 4 members (excludes halogenated alkanes) is 4. The Morgan fingerprint density at radius 1 is 0.885 bits per heavy atom. The van der Waals surface area contributed by atoms with E-state index in [9.17, 15) is 22.6 Å². The molecule has 0 aliphatic rings. The van der Waals surface area contributed by atoms with E-state index in [1.165, 1.54) is 0 Å². The second kappa shape index (κ2) is 10.9. The molecular weight excluding hydrogens is 360 g/mol. The molecule has 26 heavy (non-hydrogen) atoms. The van der Waals surface area contributed by atoms with Crippen LogP contribution in [0.1, 0.15) is 73.1 Å². The third-order valence-electron chi connectivity index (χ3n) is 3.69. The summed E-state index contributed by atoms with van der Waals surface area (Å²) in [5.74, 6) is -1.56. The van der Waals surface area contributed by atoms with Crippen molar-refractivity contribution < 1.29 is 32.0 Å². The van der Waals surface area contributed by atoms with Gasteiger partial charge in [0.25, 0.3) is 10.1 Å². The van der Waals surface area contributed by atoms with E-state index in [2.05, 4.69) is 0 Å². The molecule has 0 saturated heterocycles. The standard InChI is InChI=1S/C18H26O7S/c1-3-5-7-11-24-17(19)15-10-9-14(26(21,22)23)13-16(15)18(20)25-12-8-6-4-2/h9-10,13H,3-8,11-12H2,1-2H3,(H,21,22,23). The summed E-state index contributed by atoms with van der Waals surface area (Å²) in [6, 6.07) is 3.12. The first kappa shape index (κ1) is 22.1. The fourth-order valence-corrected chi connectivity index (χ4v) is 2.73. The number of hydrogen-bond donors (Lipinski definition) is 1. The highest BCUT2D eigenvalue weighted by atomic mass is 32.2. The van der Waals surface area contributed by atoms with E-state index in [1.807, 2.05) is 13.8 Å². The van der Waals surface area contributed by atoms with Crippen LogP contribution in [0.15, 0.2) is 23.1 Å². The van der Waals surface area contributed by atoms with E-state index in [-0.39, 0.29) is 24.3 Å². The highest BCUT2D eigenvalue weighted by Gasteiger charge is 2.23. The first-order valence-corrected chi connectivity index (χ1v) is 10.2. The third kappa shape index (κ3) is 7.13. The molecule has 0 fully saturated rings. The molecular formula is C18H26O7S. The first-order valence-electron chi connectivity index (χ1n) is 8.77. The van der Waals surface area contributed by atoms with Gasteiger partial charge in [-0.1, -0.05) is 39.5 Å². The van der Waals surface area contributed by atoms with Crippen LogP contribution >= 0.6 is 0 Å². The number of esters is 2. The number of benzene rings is 1. The Balaban J connectivity index is 3.00. The second-order valence-corrected chi connectivity index (χ2v) is 7.29. The van der Waals surface area contributed by atoms with Gasteiger partial charge in [0.1, 0.15) is 0 Å². The quantitative estimate of drug-likeness (QED) is 0.351. The van der Waals surface area contributed by atoms with Gasteiger partial charge in [-0.3, -0.25) is 4.55 Å². The number of hydrogen-bond acceptors (Lipinski definition) is 6. The minimum absolute atomic E-state index is 0.0885. The Morgan fingerprint density at radius 3 is 1.85 bits per heavy atom. The zero-order chi connectivity index (χ0) is 19.6. The Hall–Kier alpha value is -1.93. The van der Waals surface area contributed by atoms with E-state index in [4.69, 9.17) is 9.47 Å². The summed E-state index contributed by atoms with van der Waals surface area (Å²) in [4.78, 5) is 24.0.